The predicted molar refractivity (Wildman–Crippen MR) is 115 cm³/mol. The number of carbonyl (C=O) groups is 1. The highest BCUT2D eigenvalue weighted by molar-refractivity contribution is 7.89. The van der Waals surface area contributed by atoms with E-state index in [9.17, 15) is 13.2 Å². The third kappa shape index (κ3) is 2.99. The van der Waals surface area contributed by atoms with Crippen LogP contribution in [0.1, 0.15) is 10.4 Å². The van der Waals surface area contributed by atoms with Crippen LogP contribution >= 0.6 is 11.7 Å². The molecule has 8 nitrogen and oxygen atoms in total. The molecule has 0 saturated carbocycles. The van der Waals surface area contributed by atoms with Crippen LogP contribution < -0.4 is 0 Å². The monoisotopic (exact) mass is 441 g/mol. The van der Waals surface area contributed by atoms with Crippen LogP contribution in [0.2, 0.25) is 0 Å². The molecule has 2 aromatic carbocycles. The molecule has 1 aliphatic heterocycles. The summed E-state index contributed by atoms with van der Waals surface area (Å²) in [5.74, 6) is -0.0744. The summed E-state index contributed by atoms with van der Waals surface area (Å²) >= 11 is 0.997. The number of hydrogen-bond donors (Lipinski definition) is 0. The molecule has 5 rings (SSSR count). The Kier molecular flexibility index (Phi) is 4.57. The summed E-state index contributed by atoms with van der Waals surface area (Å²) in [5, 5.41) is 0.905. The minimum atomic E-state index is -3.71. The number of nitrogens with zero attached hydrogens (tertiary/aromatic N) is 5. The van der Waals surface area contributed by atoms with E-state index in [0.717, 1.165) is 22.6 Å². The minimum Gasteiger partial charge on any atom is -0.350 e. The Morgan fingerprint density at radius 1 is 1.00 bits per heavy atom. The third-order valence-electron chi connectivity index (χ3n) is 5.52. The van der Waals surface area contributed by atoms with Crippen molar-refractivity contribution in [1.29, 1.82) is 0 Å². The Morgan fingerprint density at radius 2 is 1.77 bits per heavy atom. The van der Waals surface area contributed by atoms with Gasteiger partial charge in [-0.1, -0.05) is 24.3 Å². The summed E-state index contributed by atoms with van der Waals surface area (Å²) in [6.45, 7) is 1.17. The fourth-order valence-electron chi connectivity index (χ4n) is 3.94. The number of para-hydroxylation sites is 1. The molecule has 0 N–H and O–H groups in total. The number of aryl methyl sites for hydroxylation is 1. The van der Waals surface area contributed by atoms with Gasteiger partial charge < -0.3 is 9.47 Å². The lowest BCUT2D eigenvalue weighted by Crippen LogP contribution is -2.50. The van der Waals surface area contributed by atoms with Gasteiger partial charge in [0.25, 0.3) is 5.91 Å². The molecule has 30 heavy (non-hydrogen) atoms. The first-order chi connectivity index (χ1) is 14.5. The van der Waals surface area contributed by atoms with Gasteiger partial charge in [-0.2, -0.15) is 13.1 Å². The standard InChI is InChI=1S/C20H19N5O3S2/c1-23-13-15(14-5-2-3-7-17(14)23)20(26)24-9-11-25(12-10-24)30(27,28)18-8-4-6-16-19(18)22-29-21-16/h2-8,13H,9-12H2,1H3. The lowest BCUT2D eigenvalue weighted by molar-refractivity contribution is 0.0699. The van der Waals surface area contributed by atoms with Gasteiger partial charge in [0, 0.05) is 50.3 Å². The van der Waals surface area contributed by atoms with E-state index in [1.165, 1.54) is 4.31 Å². The molecule has 1 saturated heterocycles. The molecule has 10 heteroatoms. The molecular weight excluding hydrogens is 422 g/mol. The number of fused-ring (bicyclic) bond motifs is 2. The SMILES string of the molecule is Cn1cc(C(=O)N2CCN(S(=O)(=O)c3cccc4nsnc34)CC2)c2ccccc21. The number of amides is 1. The van der Waals surface area contributed by atoms with Gasteiger partial charge in [-0.25, -0.2) is 8.42 Å². The zero-order valence-corrected chi connectivity index (χ0v) is 17.9. The second-order valence-electron chi connectivity index (χ2n) is 7.26. The van der Waals surface area contributed by atoms with Crippen LogP contribution in [0.3, 0.4) is 0 Å². The van der Waals surface area contributed by atoms with Crippen LogP contribution in [0, 0.1) is 0 Å². The molecule has 0 bridgehead atoms. The van der Waals surface area contributed by atoms with Crippen molar-refractivity contribution in [1.82, 2.24) is 22.5 Å². The van der Waals surface area contributed by atoms with Crippen LogP contribution in [0.15, 0.2) is 53.6 Å². The largest absolute Gasteiger partial charge is 0.350 e. The van der Waals surface area contributed by atoms with Gasteiger partial charge in [0.05, 0.1) is 17.3 Å². The van der Waals surface area contributed by atoms with Crippen molar-refractivity contribution in [2.75, 3.05) is 26.2 Å². The maximum Gasteiger partial charge on any atom is 0.256 e. The lowest BCUT2D eigenvalue weighted by atomic mass is 10.1. The Morgan fingerprint density at radius 3 is 2.57 bits per heavy atom. The zero-order chi connectivity index (χ0) is 20.9. The number of aromatic nitrogens is 3. The van der Waals surface area contributed by atoms with Gasteiger partial charge in [-0.15, -0.1) is 0 Å². The van der Waals surface area contributed by atoms with Crippen molar-refractivity contribution >= 4 is 49.6 Å². The summed E-state index contributed by atoms with van der Waals surface area (Å²) in [4.78, 5) is 15.0. The van der Waals surface area contributed by atoms with E-state index in [1.807, 2.05) is 42.1 Å². The number of benzene rings is 2. The Bertz CT molecular complexity index is 1370. The number of rotatable bonds is 3. The van der Waals surface area contributed by atoms with Crippen molar-refractivity contribution in [3.63, 3.8) is 0 Å². The number of piperazine rings is 1. The van der Waals surface area contributed by atoms with Crippen molar-refractivity contribution in [2.45, 2.75) is 4.90 Å². The molecule has 2 aromatic heterocycles. The van der Waals surface area contributed by atoms with Crippen LogP contribution in [-0.4, -0.2) is 63.0 Å². The molecule has 0 aliphatic carbocycles. The molecular formula is C20H19N5O3S2. The summed E-state index contributed by atoms with van der Waals surface area (Å²) in [7, 11) is -1.79. The minimum absolute atomic E-state index is 0.0744. The predicted octanol–water partition coefficient (Wildman–Crippen LogP) is 2.33. The maximum atomic E-state index is 13.2. The van der Waals surface area contributed by atoms with Gasteiger partial charge >= 0.3 is 0 Å². The molecule has 3 heterocycles. The fourth-order valence-corrected chi connectivity index (χ4v) is 6.12. The van der Waals surface area contributed by atoms with E-state index in [1.54, 1.807) is 23.1 Å². The molecule has 154 valence electrons. The normalized spacial score (nSPS) is 15.8. The van der Waals surface area contributed by atoms with E-state index in [4.69, 9.17) is 0 Å². The Hall–Kier alpha value is -2.82. The zero-order valence-electron chi connectivity index (χ0n) is 16.2. The van der Waals surface area contributed by atoms with Crippen molar-refractivity contribution < 1.29 is 13.2 Å². The fraction of sp³-hybridized carbons (Fsp3) is 0.250. The summed E-state index contributed by atoms with van der Waals surface area (Å²) < 4.78 is 38.0. The van der Waals surface area contributed by atoms with Gasteiger partial charge in [0.1, 0.15) is 15.9 Å². The summed E-state index contributed by atoms with van der Waals surface area (Å²) in [6.07, 6.45) is 1.84. The van der Waals surface area contributed by atoms with Crippen LogP contribution in [0.4, 0.5) is 0 Å². The highest BCUT2D eigenvalue weighted by atomic mass is 32.2. The Balaban J connectivity index is 1.37. The molecule has 1 aliphatic rings. The van der Waals surface area contributed by atoms with E-state index in [0.29, 0.717) is 29.7 Å². The third-order valence-corrected chi connectivity index (χ3v) is 7.99. The smallest absolute Gasteiger partial charge is 0.256 e. The lowest BCUT2D eigenvalue weighted by Gasteiger charge is -2.34. The highest BCUT2D eigenvalue weighted by Gasteiger charge is 2.32. The molecule has 0 radical (unpaired) electrons. The molecule has 1 amide bonds. The quantitative estimate of drug-likeness (QED) is 0.487. The van der Waals surface area contributed by atoms with E-state index >= 15 is 0 Å². The molecule has 0 atom stereocenters. The van der Waals surface area contributed by atoms with Crippen LogP contribution in [-0.2, 0) is 17.1 Å². The first-order valence-corrected chi connectivity index (χ1v) is 11.7. The highest BCUT2D eigenvalue weighted by Crippen LogP contribution is 2.26. The van der Waals surface area contributed by atoms with Crippen LogP contribution in [0.25, 0.3) is 21.9 Å². The van der Waals surface area contributed by atoms with E-state index in [-0.39, 0.29) is 23.9 Å². The van der Waals surface area contributed by atoms with Crippen molar-refractivity contribution in [2.24, 2.45) is 7.05 Å². The molecule has 0 spiro atoms. The van der Waals surface area contributed by atoms with Gasteiger partial charge in [-0.05, 0) is 18.2 Å². The average molecular weight is 442 g/mol. The van der Waals surface area contributed by atoms with Gasteiger partial charge in [0.2, 0.25) is 10.0 Å². The average Bonchev–Trinajstić information content (AvgIpc) is 3.38. The van der Waals surface area contributed by atoms with Crippen molar-refractivity contribution in [3.8, 4) is 0 Å². The Labute approximate surface area is 177 Å². The first kappa shape index (κ1) is 19.2. The van der Waals surface area contributed by atoms with E-state index < -0.39 is 10.0 Å². The first-order valence-electron chi connectivity index (χ1n) is 9.51. The number of hydrogen-bond acceptors (Lipinski definition) is 6. The summed E-state index contributed by atoms with van der Waals surface area (Å²) in [5.41, 5.74) is 2.61. The second-order valence-corrected chi connectivity index (χ2v) is 9.69. The molecule has 0 unspecified atom stereocenters. The second kappa shape index (κ2) is 7.15. The van der Waals surface area contributed by atoms with E-state index in [2.05, 4.69) is 8.75 Å². The summed E-state index contributed by atoms with van der Waals surface area (Å²) in [6, 6.07) is 12.8. The number of sulfonamides is 1. The van der Waals surface area contributed by atoms with Crippen LogP contribution in [0.5, 0.6) is 0 Å². The topological polar surface area (TPSA) is 88.4 Å². The molecule has 1 fully saturated rings. The maximum absolute atomic E-state index is 13.2. The van der Waals surface area contributed by atoms with Gasteiger partial charge in [0.15, 0.2) is 0 Å². The molecule has 4 aromatic rings. The van der Waals surface area contributed by atoms with Crippen molar-refractivity contribution in [3.05, 3.63) is 54.2 Å². The van der Waals surface area contributed by atoms with Gasteiger partial charge in [-0.3, -0.25) is 4.79 Å². The number of carbonyl (C=O) groups excluding carboxylic acids is 1.